The molecule has 2 rings (SSSR count). The molecule has 0 aromatic heterocycles. The minimum atomic E-state index is -0.795. The first-order valence-corrected chi connectivity index (χ1v) is 5.49. The average molecular weight is 232 g/mol. The Labute approximate surface area is 101 Å². The zero-order valence-electron chi connectivity index (χ0n) is 9.96. The molecule has 17 heavy (non-hydrogen) atoms. The fourth-order valence-corrected chi connectivity index (χ4v) is 2.01. The van der Waals surface area contributed by atoms with Crippen LogP contribution in [0.3, 0.4) is 0 Å². The highest BCUT2D eigenvalue weighted by Gasteiger charge is 2.21. The van der Waals surface area contributed by atoms with Crippen molar-refractivity contribution in [3.05, 3.63) is 48.0 Å². The van der Waals surface area contributed by atoms with E-state index in [1.54, 1.807) is 0 Å². The monoisotopic (exact) mass is 232 g/mol. The number of ether oxygens (including phenoxy) is 2. The maximum atomic E-state index is 10.2. The zero-order valence-corrected chi connectivity index (χ0v) is 9.96. The second-order valence-corrected chi connectivity index (χ2v) is 3.85. The van der Waals surface area contributed by atoms with Crippen LogP contribution < -0.4 is 0 Å². The van der Waals surface area contributed by atoms with Gasteiger partial charge in [0.2, 0.25) is 0 Å². The summed E-state index contributed by atoms with van der Waals surface area (Å²) in [4.78, 5) is 0. The molecule has 0 aliphatic rings. The standard InChI is InChI=1S/C14H16O3/c1-16-14(17-2)13(15)12-9-5-7-10-6-3-4-8-11(10)12/h3-9,13-15H,1-2H3. The second-order valence-electron chi connectivity index (χ2n) is 3.85. The molecule has 0 amide bonds. The van der Waals surface area contributed by atoms with Gasteiger partial charge in [-0.25, -0.2) is 0 Å². The van der Waals surface area contributed by atoms with Gasteiger partial charge in [0.25, 0.3) is 0 Å². The number of aliphatic hydroxyl groups is 1. The Balaban J connectivity index is 2.47. The molecule has 0 heterocycles. The minimum absolute atomic E-state index is 0.652. The largest absolute Gasteiger partial charge is 0.383 e. The van der Waals surface area contributed by atoms with Gasteiger partial charge in [0.1, 0.15) is 6.10 Å². The predicted octanol–water partition coefficient (Wildman–Crippen LogP) is 2.49. The molecule has 0 aliphatic heterocycles. The van der Waals surface area contributed by atoms with Crippen LogP contribution in [0.1, 0.15) is 11.7 Å². The van der Waals surface area contributed by atoms with Crippen molar-refractivity contribution < 1.29 is 14.6 Å². The number of rotatable bonds is 4. The van der Waals surface area contributed by atoms with E-state index in [0.717, 1.165) is 16.3 Å². The number of fused-ring (bicyclic) bond motifs is 1. The summed E-state index contributed by atoms with van der Waals surface area (Å²) in [6.07, 6.45) is -1.45. The van der Waals surface area contributed by atoms with Crippen molar-refractivity contribution >= 4 is 10.8 Å². The number of hydrogen-bond donors (Lipinski definition) is 1. The van der Waals surface area contributed by atoms with Gasteiger partial charge in [-0.3, -0.25) is 0 Å². The van der Waals surface area contributed by atoms with E-state index < -0.39 is 12.4 Å². The fraction of sp³-hybridized carbons (Fsp3) is 0.286. The Morgan fingerprint density at radius 1 is 0.941 bits per heavy atom. The maximum absolute atomic E-state index is 10.2. The third-order valence-corrected chi connectivity index (χ3v) is 2.86. The van der Waals surface area contributed by atoms with Crippen LogP contribution in [-0.2, 0) is 9.47 Å². The second kappa shape index (κ2) is 5.27. The number of methoxy groups -OCH3 is 2. The van der Waals surface area contributed by atoms with Crippen LogP contribution in [0.4, 0.5) is 0 Å². The van der Waals surface area contributed by atoms with Gasteiger partial charge in [-0.1, -0.05) is 42.5 Å². The molecular weight excluding hydrogens is 216 g/mol. The van der Waals surface area contributed by atoms with Crippen LogP contribution in [-0.4, -0.2) is 25.6 Å². The molecule has 0 fully saturated rings. The maximum Gasteiger partial charge on any atom is 0.187 e. The Bertz CT molecular complexity index is 486. The first-order valence-electron chi connectivity index (χ1n) is 5.49. The third kappa shape index (κ3) is 2.31. The molecule has 1 N–H and O–H groups in total. The minimum Gasteiger partial charge on any atom is -0.383 e. The highest BCUT2D eigenvalue weighted by atomic mass is 16.7. The summed E-state index contributed by atoms with van der Waals surface area (Å²) in [5, 5.41) is 12.3. The Morgan fingerprint density at radius 3 is 2.29 bits per heavy atom. The molecule has 3 nitrogen and oxygen atoms in total. The van der Waals surface area contributed by atoms with Crippen LogP contribution >= 0.6 is 0 Å². The molecule has 0 spiro atoms. The molecule has 0 bridgehead atoms. The van der Waals surface area contributed by atoms with Crippen molar-refractivity contribution in [2.24, 2.45) is 0 Å². The molecule has 3 heteroatoms. The lowest BCUT2D eigenvalue weighted by Gasteiger charge is -2.21. The van der Waals surface area contributed by atoms with E-state index >= 15 is 0 Å². The number of aliphatic hydroxyl groups excluding tert-OH is 1. The van der Waals surface area contributed by atoms with Gasteiger partial charge in [0, 0.05) is 14.2 Å². The van der Waals surface area contributed by atoms with Crippen molar-refractivity contribution in [3.63, 3.8) is 0 Å². The Morgan fingerprint density at radius 2 is 1.59 bits per heavy atom. The van der Waals surface area contributed by atoms with Crippen molar-refractivity contribution in [3.8, 4) is 0 Å². The van der Waals surface area contributed by atoms with E-state index in [4.69, 9.17) is 9.47 Å². The van der Waals surface area contributed by atoms with E-state index in [0.29, 0.717) is 0 Å². The summed E-state index contributed by atoms with van der Waals surface area (Å²) in [6.45, 7) is 0. The van der Waals surface area contributed by atoms with Crippen LogP contribution in [0, 0.1) is 0 Å². The van der Waals surface area contributed by atoms with Crippen molar-refractivity contribution in [2.45, 2.75) is 12.4 Å². The lowest BCUT2D eigenvalue weighted by Crippen LogP contribution is -2.22. The van der Waals surface area contributed by atoms with Gasteiger partial charge >= 0.3 is 0 Å². The SMILES string of the molecule is COC(OC)C(O)c1cccc2ccccc12. The highest BCUT2D eigenvalue weighted by Crippen LogP contribution is 2.27. The molecule has 2 aromatic carbocycles. The van der Waals surface area contributed by atoms with Crippen molar-refractivity contribution in [1.29, 1.82) is 0 Å². The molecule has 1 unspecified atom stereocenters. The van der Waals surface area contributed by atoms with Crippen LogP contribution in [0.2, 0.25) is 0 Å². The average Bonchev–Trinajstić information content (AvgIpc) is 2.39. The van der Waals surface area contributed by atoms with Crippen LogP contribution in [0.15, 0.2) is 42.5 Å². The third-order valence-electron chi connectivity index (χ3n) is 2.86. The quantitative estimate of drug-likeness (QED) is 0.823. The molecule has 2 aromatic rings. The van der Waals surface area contributed by atoms with Gasteiger partial charge in [0.05, 0.1) is 0 Å². The number of benzene rings is 2. The smallest absolute Gasteiger partial charge is 0.187 e. The normalized spacial score (nSPS) is 13.2. The molecule has 1 atom stereocenters. The van der Waals surface area contributed by atoms with Crippen molar-refractivity contribution in [1.82, 2.24) is 0 Å². The molecule has 0 radical (unpaired) electrons. The first kappa shape index (κ1) is 12.0. The van der Waals surface area contributed by atoms with Crippen LogP contribution in [0.5, 0.6) is 0 Å². The van der Waals surface area contributed by atoms with Gasteiger partial charge in [-0.05, 0) is 16.3 Å². The fourth-order valence-electron chi connectivity index (χ4n) is 2.01. The van der Waals surface area contributed by atoms with Crippen LogP contribution in [0.25, 0.3) is 10.8 Å². The molecule has 0 saturated carbocycles. The highest BCUT2D eigenvalue weighted by molar-refractivity contribution is 5.85. The molecule has 90 valence electrons. The molecule has 0 saturated heterocycles. The van der Waals surface area contributed by atoms with E-state index in [1.807, 2.05) is 42.5 Å². The van der Waals surface area contributed by atoms with E-state index in [2.05, 4.69) is 0 Å². The summed E-state index contributed by atoms with van der Waals surface area (Å²) >= 11 is 0. The summed E-state index contributed by atoms with van der Waals surface area (Å²) in [6, 6.07) is 13.7. The summed E-state index contributed by atoms with van der Waals surface area (Å²) in [5.74, 6) is 0. The van der Waals surface area contributed by atoms with Gasteiger partial charge in [0.15, 0.2) is 6.29 Å². The summed E-state index contributed by atoms with van der Waals surface area (Å²) < 4.78 is 10.2. The summed E-state index contributed by atoms with van der Waals surface area (Å²) in [7, 11) is 3.03. The van der Waals surface area contributed by atoms with E-state index in [-0.39, 0.29) is 0 Å². The lowest BCUT2D eigenvalue weighted by molar-refractivity contribution is -0.165. The molecular formula is C14H16O3. The van der Waals surface area contributed by atoms with E-state index in [9.17, 15) is 5.11 Å². The van der Waals surface area contributed by atoms with E-state index in [1.165, 1.54) is 14.2 Å². The topological polar surface area (TPSA) is 38.7 Å². The van der Waals surface area contributed by atoms with Crippen molar-refractivity contribution in [2.75, 3.05) is 14.2 Å². The predicted molar refractivity (Wildman–Crippen MR) is 66.7 cm³/mol. The zero-order chi connectivity index (χ0) is 12.3. The van der Waals surface area contributed by atoms with Gasteiger partial charge in [-0.2, -0.15) is 0 Å². The Kier molecular flexibility index (Phi) is 3.74. The van der Waals surface area contributed by atoms with Gasteiger partial charge in [-0.15, -0.1) is 0 Å². The number of hydrogen-bond acceptors (Lipinski definition) is 3. The Hall–Kier alpha value is -1.42. The van der Waals surface area contributed by atoms with Gasteiger partial charge < -0.3 is 14.6 Å². The first-order chi connectivity index (χ1) is 8.27. The lowest BCUT2D eigenvalue weighted by atomic mass is 10.00. The summed E-state index contributed by atoms with van der Waals surface area (Å²) in [5.41, 5.74) is 0.816. The molecule has 0 aliphatic carbocycles.